The molecule has 3 aromatic rings. The van der Waals surface area contributed by atoms with Crippen molar-refractivity contribution in [1.82, 2.24) is 19.5 Å². The largest absolute Gasteiger partial charge is 0.381 e. The SMILES string of the molecule is NC(=O)[C@H]1CC[C@H](n2c(Nc3ccc(Cl)c(F)c3F)nc3cnc(NC4CCOCC4)nc32)CC1. The number of amides is 1. The minimum atomic E-state index is -1.14. The van der Waals surface area contributed by atoms with Crippen molar-refractivity contribution >= 4 is 46.3 Å². The smallest absolute Gasteiger partial charge is 0.224 e. The van der Waals surface area contributed by atoms with E-state index in [9.17, 15) is 13.6 Å². The molecule has 0 bridgehead atoms. The number of nitrogens with one attached hydrogen (secondary N) is 2. The Morgan fingerprint density at radius 1 is 1.09 bits per heavy atom. The summed E-state index contributed by atoms with van der Waals surface area (Å²) in [7, 11) is 0. The highest BCUT2D eigenvalue weighted by Gasteiger charge is 2.29. The Morgan fingerprint density at radius 2 is 1.83 bits per heavy atom. The van der Waals surface area contributed by atoms with E-state index in [0.29, 0.717) is 62.0 Å². The fourth-order valence-corrected chi connectivity index (χ4v) is 4.93. The van der Waals surface area contributed by atoms with Gasteiger partial charge >= 0.3 is 0 Å². The number of nitrogens with two attached hydrogens (primary N) is 1. The molecule has 9 nitrogen and oxygen atoms in total. The molecule has 1 aromatic carbocycles. The molecule has 4 N–H and O–H groups in total. The van der Waals surface area contributed by atoms with E-state index in [1.54, 1.807) is 6.20 Å². The van der Waals surface area contributed by atoms with Crippen molar-refractivity contribution in [2.45, 2.75) is 50.6 Å². The van der Waals surface area contributed by atoms with E-state index in [0.717, 1.165) is 12.8 Å². The van der Waals surface area contributed by atoms with Crippen LogP contribution in [0.1, 0.15) is 44.6 Å². The molecule has 0 spiro atoms. The van der Waals surface area contributed by atoms with Gasteiger partial charge in [-0.25, -0.2) is 18.7 Å². The summed E-state index contributed by atoms with van der Waals surface area (Å²) in [6.45, 7) is 1.36. The lowest BCUT2D eigenvalue weighted by Crippen LogP contribution is -2.29. The lowest BCUT2D eigenvalue weighted by Gasteiger charge is -2.29. The number of hydrogen-bond acceptors (Lipinski definition) is 7. The van der Waals surface area contributed by atoms with Crippen molar-refractivity contribution in [2.75, 3.05) is 23.8 Å². The van der Waals surface area contributed by atoms with Gasteiger partial charge in [0.2, 0.25) is 17.8 Å². The molecule has 2 aromatic heterocycles. The molecule has 1 aliphatic heterocycles. The summed E-state index contributed by atoms with van der Waals surface area (Å²) in [5.41, 5.74) is 6.49. The lowest BCUT2D eigenvalue weighted by atomic mass is 9.85. The molecule has 0 atom stereocenters. The Bertz CT molecular complexity index is 1240. The van der Waals surface area contributed by atoms with Gasteiger partial charge in [0.15, 0.2) is 17.3 Å². The molecule has 1 saturated heterocycles. The van der Waals surface area contributed by atoms with Crippen LogP contribution in [0.5, 0.6) is 0 Å². The van der Waals surface area contributed by atoms with Crippen LogP contribution in [0.4, 0.5) is 26.4 Å². The number of aromatic nitrogens is 4. The molecule has 2 fully saturated rings. The van der Waals surface area contributed by atoms with E-state index in [4.69, 9.17) is 27.1 Å². The molecular formula is C23H26ClF2N7O2. The minimum absolute atomic E-state index is 0.0656. The normalized spacial score (nSPS) is 21.2. The summed E-state index contributed by atoms with van der Waals surface area (Å²) < 4.78 is 36.0. The number of benzene rings is 1. The predicted molar refractivity (Wildman–Crippen MR) is 128 cm³/mol. The van der Waals surface area contributed by atoms with Crippen LogP contribution in [0.3, 0.4) is 0 Å². The number of fused-ring (bicyclic) bond motifs is 1. The summed E-state index contributed by atoms with van der Waals surface area (Å²) in [6.07, 6.45) is 5.90. The van der Waals surface area contributed by atoms with Crippen molar-refractivity contribution in [3.63, 3.8) is 0 Å². The average molecular weight is 506 g/mol. The summed E-state index contributed by atoms with van der Waals surface area (Å²) in [4.78, 5) is 25.4. The molecular weight excluding hydrogens is 480 g/mol. The second kappa shape index (κ2) is 9.90. The van der Waals surface area contributed by atoms with Crippen LogP contribution < -0.4 is 16.4 Å². The van der Waals surface area contributed by atoms with Crippen molar-refractivity contribution < 1.29 is 18.3 Å². The maximum absolute atomic E-state index is 14.6. The quantitative estimate of drug-likeness (QED) is 0.427. The number of carbonyl (C=O) groups is 1. The van der Waals surface area contributed by atoms with Gasteiger partial charge in [-0.15, -0.1) is 0 Å². The Hall–Kier alpha value is -3.05. The number of imidazole rings is 1. The number of carbonyl (C=O) groups excluding carboxylic acids is 1. The minimum Gasteiger partial charge on any atom is -0.381 e. The third-order valence-electron chi connectivity index (χ3n) is 6.73. The van der Waals surface area contributed by atoms with Gasteiger partial charge in [0, 0.05) is 31.2 Å². The van der Waals surface area contributed by atoms with Crippen molar-refractivity contribution in [3.05, 3.63) is 35.0 Å². The number of rotatable bonds is 6. The Labute approximate surface area is 205 Å². The third kappa shape index (κ3) is 4.87. The van der Waals surface area contributed by atoms with E-state index >= 15 is 0 Å². The van der Waals surface area contributed by atoms with Crippen LogP contribution in [-0.2, 0) is 9.53 Å². The first-order chi connectivity index (χ1) is 16.9. The van der Waals surface area contributed by atoms with Gasteiger partial charge in [-0.3, -0.25) is 9.36 Å². The first-order valence-electron chi connectivity index (χ1n) is 11.7. The second-order valence-electron chi connectivity index (χ2n) is 8.99. The molecule has 0 radical (unpaired) electrons. The van der Waals surface area contributed by atoms with E-state index in [1.807, 2.05) is 4.57 Å². The summed E-state index contributed by atoms with van der Waals surface area (Å²) >= 11 is 5.71. The van der Waals surface area contributed by atoms with Crippen LogP contribution in [0, 0.1) is 17.6 Å². The lowest BCUT2D eigenvalue weighted by molar-refractivity contribution is -0.122. The summed E-state index contributed by atoms with van der Waals surface area (Å²) in [5.74, 6) is -1.94. The zero-order chi connectivity index (χ0) is 24.5. The highest BCUT2D eigenvalue weighted by molar-refractivity contribution is 6.30. The van der Waals surface area contributed by atoms with E-state index in [2.05, 4.69) is 20.6 Å². The van der Waals surface area contributed by atoms with Gasteiger partial charge in [-0.1, -0.05) is 11.6 Å². The van der Waals surface area contributed by atoms with Gasteiger partial charge in [-0.2, -0.15) is 4.98 Å². The predicted octanol–water partition coefficient (Wildman–Crippen LogP) is 4.31. The molecule has 12 heteroatoms. The van der Waals surface area contributed by atoms with Gasteiger partial charge in [0.1, 0.15) is 5.52 Å². The van der Waals surface area contributed by atoms with Gasteiger partial charge < -0.3 is 21.1 Å². The molecule has 186 valence electrons. The van der Waals surface area contributed by atoms with Gasteiger partial charge in [0.25, 0.3) is 0 Å². The van der Waals surface area contributed by atoms with Crippen LogP contribution in [0.15, 0.2) is 18.3 Å². The zero-order valence-corrected chi connectivity index (χ0v) is 19.7. The fourth-order valence-electron chi connectivity index (χ4n) is 4.78. The fraction of sp³-hybridized carbons (Fsp3) is 0.478. The highest BCUT2D eigenvalue weighted by atomic mass is 35.5. The topological polar surface area (TPSA) is 120 Å². The number of anilines is 3. The van der Waals surface area contributed by atoms with Crippen molar-refractivity contribution in [1.29, 1.82) is 0 Å². The molecule has 1 aliphatic carbocycles. The number of halogens is 3. The Kier molecular flexibility index (Phi) is 6.70. The Balaban J connectivity index is 1.51. The maximum atomic E-state index is 14.6. The molecule has 3 heterocycles. The summed E-state index contributed by atoms with van der Waals surface area (Å²) in [5, 5.41) is 5.97. The molecule has 5 rings (SSSR count). The molecule has 35 heavy (non-hydrogen) atoms. The van der Waals surface area contributed by atoms with Crippen molar-refractivity contribution in [2.24, 2.45) is 11.7 Å². The third-order valence-corrected chi connectivity index (χ3v) is 7.03. The Morgan fingerprint density at radius 3 is 2.54 bits per heavy atom. The first-order valence-corrected chi connectivity index (χ1v) is 12.1. The number of ether oxygens (including phenoxy) is 1. The van der Waals surface area contributed by atoms with E-state index in [-0.39, 0.29) is 34.6 Å². The maximum Gasteiger partial charge on any atom is 0.224 e. The number of hydrogen-bond donors (Lipinski definition) is 3. The van der Waals surface area contributed by atoms with Crippen LogP contribution in [0.2, 0.25) is 5.02 Å². The van der Waals surface area contributed by atoms with Gasteiger partial charge in [0.05, 0.1) is 16.9 Å². The number of nitrogens with zero attached hydrogens (tertiary/aromatic N) is 4. The van der Waals surface area contributed by atoms with E-state index < -0.39 is 11.6 Å². The molecule has 1 saturated carbocycles. The molecule has 0 unspecified atom stereocenters. The molecule has 1 amide bonds. The van der Waals surface area contributed by atoms with E-state index in [1.165, 1.54) is 12.1 Å². The first kappa shape index (κ1) is 23.7. The summed E-state index contributed by atoms with van der Waals surface area (Å²) in [6, 6.07) is 2.78. The average Bonchev–Trinajstić information content (AvgIpc) is 3.22. The second-order valence-corrected chi connectivity index (χ2v) is 9.40. The van der Waals surface area contributed by atoms with Crippen LogP contribution in [0.25, 0.3) is 11.2 Å². The zero-order valence-electron chi connectivity index (χ0n) is 18.9. The number of primary amides is 1. The van der Waals surface area contributed by atoms with Crippen LogP contribution in [-0.4, -0.2) is 44.7 Å². The van der Waals surface area contributed by atoms with Gasteiger partial charge in [-0.05, 0) is 50.7 Å². The van der Waals surface area contributed by atoms with Crippen molar-refractivity contribution in [3.8, 4) is 0 Å². The van der Waals surface area contributed by atoms with Crippen LogP contribution >= 0.6 is 11.6 Å². The molecule has 2 aliphatic rings. The standard InChI is InChI=1S/C23H26ClF2N7O2/c24-15-5-6-16(19(26)18(15)25)30-23-31-17-11-28-22(29-13-7-9-35-10-8-13)32-21(17)33(23)14-3-1-12(2-4-14)20(27)34/h5-6,11-14H,1-4,7-10H2,(H2,27,34)(H,30,31)(H,28,29,32)/t12-,14-. The highest BCUT2D eigenvalue weighted by Crippen LogP contribution is 2.37. The monoisotopic (exact) mass is 505 g/mol.